The van der Waals surface area contributed by atoms with E-state index in [1.165, 1.54) is 12.1 Å². The van der Waals surface area contributed by atoms with Crippen molar-refractivity contribution in [1.29, 1.82) is 0 Å². The zero-order valence-electron chi connectivity index (χ0n) is 15.7. The molecule has 2 heterocycles. The topological polar surface area (TPSA) is 65.2 Å². The molecule has 0 aliphatic carbocycles. The minimum Gasteiger partial charge on any atom is -0.358 e. The molecule has 0 saturated carbocycles. The van der Waals surface area contributed by atoms with Crippen molar-refractivity contribution in [2.24, 2.45) is 0 Å². The number of fused-ring (bicyclic) bond motifs is 1. The number of H-pyrrole nitrogens is 1. The van der Waals surface area contributed by atoms with Gasteiger partial charge in [-0.15, -0.1) is 0 Å². The van der Waals surface area contributed by atoms with E-state index in [1.54, 1.807) is 30.3 Å². The van der Waals surface area contributed by atoms with Crippen LogP contribution >= 0.6 is 0 Å². The number of carbonyl (C=O) groups is 2. The van der Waals surface area contributed by atoms with E-state index in [1.807, 2.05) is 11.8 Å². The predicted octanol–water partition coefficient (Wildman–Crippen LogP) is 4.03. The monoisotopic (exact) mass is 379 g/mol. The first-order chi connectivity index (χ1) is 13.5. The van der Waals surface area contributed by atoms with Crippen LogP contribution in [0.15, 0.2) is 42.5 Å². The minimum atomic E-state index is -0.327. The van der Waals surface area contributed by atoms with E-state index in [9.17, 15) is 14.0 Å². The second-order valence-electron chi connectivity index (χ2n) is 7.22. The van der Waals surface area contributed by atoms with Crippen LogP contribution in [0.1, 0.15) is 34.5 Å². The lowest BCUT2D eigenvalue weighted by Gasteiger charge is -2.15. The van der Waals surface area contributed by atoms with Crippen LogP contribution in [0.3, 0.4) is 0 Å². The van der Waals surface area contributed by atoms with E-state index in [0.29, 0.717) is 11.3 Å². The molecule has 6 heteroatoms. The lowest BCUT2D eigenvalue weighted by atomic mass is 10.1. The van der Waals surface area contributed by atoms with Gasteiger partial charge in [0.2, 0.25) is 5.91 Å². The van der Waals surface area contributed by atoms with E-state index < -0.39 is 0 Å². The first-order valence-corrected chi connectivity index (χ1v) is 9.47. The highest BCUT2D eigenvalue weighted by Gasteiger charge is 2.19. The fourth-order valence-corrected chi connectivity index (χ4v) is 3.75. The van der Waals surface area contributed by atoms with Gasteiger partial charge in [-0.1, -0.05) is 0 Å². The number of carbonyl (C=O) groups excluding carboxylic acids is 2. The summed E-state index contributed by atoms with van der Waals surface area (Å²) in [5.41, 5.74) is 3.70. The van der Waals surface area contributed by atoms with Crippen molar-refractivity contribution < 1.29 is 14.0 Å². The van der Waals surface area contributed by atoms with Crippen LogP contribution < -0.4 is 5.32 Å². The maximum atomic E-state index is 13.6. The van der Waals surface area contributed by atoms with Gasteiger partial charge in [0.15, 0.2) is 0 Å². The number of aryl methyl sites for hydroxylation is 1. The average Bonchev–Trinajstić information content (AvgIpc) is 3.31. The van der Waals surface area contributed by atoms with Gasteiger partial charge in [0.05, 0.1) is 6.42 Å². The molecule has 1 aromatic heterocycles. The number of aromatic amines is 1. The van der Waals surface area contributed by atoms with E-state index in [-0.39, 0.29) is 24.1 Å². The Hall–Kier alpha value is -3.15. The van der Waals surface area contributed by atoms with Crippen molar-refractivity contribution in [3.05, 3.63) is 65.1 Å². The normalized spacial score (nSPS) is 13.9. The van der Waals surface area contributed by atoms with Gasteiger partial charge in [0.1, 0.15) is 5.82 Å². The lowest BCUT2D eigenvalue weighted by Crippen LogP contribution is -2.27. The van der Waals surface area contributed by atoms with E-state index in [2.05, 4.69) is 10.3 Å². The summed E-state index contributed by atoms with van der Waals surface area (Å²) < 4.78 is 13.6. The van der Waals surface area contributed by atoms with Crippen molar-refractivity contribution >= 4 is 28.4 Å². The number of amides is 2. The first kappa shape index (κ1) is 18.2. The molecule has 4 rings (SSSR count). The van der Waals surface area contributed by atoms with Gasteiger partial charge in [-0.05, 0) is 67.8 Å². The van der Waals surface area contributed by atoms with Crippen molar-refractivity contribution in [2.45, 2.75) is 26.2 Å². The van der Waals surface area contributed by atoms with E-state index in [0.717, 1.165) is 48.1 Å². The van der Waals surface area contributed by atoms with Crippen LogP contribution in [-0.2, 0) is 11.2 Å². The molecule has 1 aliphatic heterocycles. The Balaban J connectivity index is 1.45. The summed E-state index contributed by atoms with van der Waals surface area (Å²) in [5.74, 6) is -0.481. The molecule has 1 fully saturated rings. The molecule has 0 unspecified atom stereocenters. The van der Waals surface area contributed by atoms with Crippen LogP contribution in [0.5, 0.6) is 0 Å². The molecular weight excluding hydrogens is 357 g/mol. The minimum absolute atomic E-state index is 0.0341. The molecule has 0 radical (unpaired) electrons. The number of nitrogens with zero attached hydrogens (tertiary/aromatic N) is 1. The summed E-state index contributed by atoms with van der Waals surface area (Å²) in [4.78, 5) is 29.9. The Morgan fingerprint density at radius 3 is 2.54 bits per heavy atom. The van der Waals surface area contributed by atoms with Gasteiger partial charge in [-0.3, -0.25) is 9.59 Å². The number of rotatable bonds is 4. The molecule has 0 spiro atoms. The van der Waals surface area contributed by atoms with Crippen LogP contribution in [0, 0.1) is 12.7 Å². The molecule has 2 aromatic carbocycles. The molecule has 1 saturated heterocycles. The third-order valence-electron chi connectivity index (χ3n) is 5.23. The van der Waals surface area contributed by atoms with Crippen LogP contribution in [0.2, 0.25) is 0 Å². The van der Waals surface area contributed by atoms with Crippen molar-refractivity contribution in [1.82, 2.24) is 9.88 Å². The summed E-state index contributed by atoms with van der Waals surface area (Å²) in [7, 11) is 0. The first-order valence-electron chi connectivity index (χ1n) is 9.47. The number of likely N-dealkylation sites (tertiary alicyclic amines) is 1. The molecule has 1 aliphatic rings. The van der Waals surface area contributed by atoms with E-state index >= 15 is 0 Å². The van der Waals surface area contributed by atoms with Gasteiger partial charge in [0.25, 0.3) is 5.91 Å². The third-order valence-corrected chi connectivity index (χ3v) is 5.23. The molecule has 144 valence electrons. The van der Waals surface area contributed by atoms with Crippen molar-refractivity contribution in [2.75, 3.05) is 18.4 Å². The molecule has 3 aromatic rings. The van der Waals surface area contributed by atoms with Crippen molar-refractivity contribution in [3.8, 4) is 0 Å². The molecule has 0 atom stereocenters. The smallest absolute Gasteiger partial charge is 0.253 e. The Morgan fingerprint density at radius 1 is 1.11 bits per heavy atom. The van der Waals surface area contributed by atoms with Gasteiger partial charge in [-0.25, -0.2) is 4.39 Å². The number of nitrogens with one attached hydrogen (secondary N) is 2. The predicted molar refractivity (Wildman–Crippen MR) is 107 cm³/mol. The maximum absolute atomic E-state index is 13.6. The highest BCUT2D eigenvalue weighted by Crippen LogP contribution is 2.24. The Bertz CT molecular complexity index is 1030. The van der Waals surface area contributed by atoms with Gasteiger partial charge < -0.3 is 15.2 Å². The highest BCUT2D eigenvalue weighted by atomic mass is 19.1. The second kappa shape index (κ2) is 7.46. The van der Waals surface area contributed by atoms with Crippen LogP contribution in [0.25, 0.3) is 10.9 Å². The molecular formula is C22H22FN3O2. The Labute approximate surface area is 162 Å². The summed E-state index contributed by atoms with van der Waals surface area (Å²) in [5, 5.41) is 3.57. The summed E-state index contributed by atoms with van der Waals surface area (Å²) in [6, 6.07) is 11.5. The third kappa shape index (κ3) is 3.63. The quantitative estimate of drug-likeness (QED) is 0.719. The maximum Gasteiger partial charge on any atom is 0.253 e. The summed E-state index contributed by atoms with van der Waals surface area (Å²) in [6.07, 6.45) is 2.25. The molecule has 28 heavy (non-hydrogen) atoms. The Kier molecular flexibility index (Phi) is 4.86. The molecule has 2 N–H and O–H groups in total. The van der Waals surface area contributed by atoms with Crippen LogP contribution in [-0.4, -0.2) is 34.8 Å². The molecule has 2 amide bonds. The zero-order chi connectivity index (χ0) is 19.7. The van der Waals surface area contributed by atoms with Gasteiger partial charge >= 0.3 is 0 Å². The zero-order valence-corrected chi connectivity index (χ0v) is 15.7. The summed E-state index contributed by atoms with van der Waals surface area (Å²) >= 11 is 0. The second-order valence-corrected chi connectivity index (χ2v) is 7.22. The largest absolute Gasteiger partial charge is 0.358 e. The van der Waals surface area contributed by atoms with Gasteiger partial charge in [-0.2, -0.15) is 0 Å². The number of aromatic nitrogens is 1. The number of hydrogen-bond donors (Lipinski definition) is 2. The standard InChI is InChI=1S/C22H22FN3O2/c1-14-18(19-12-16(23)6-9-20(19)24-14)13-21(27)25-17-7-4-15(5-8-17)22(28)26-10-2-3-11-26/h4-9,12,24H,2-3,10-11,13H2,1H3,(H,25,27). The number of anilines is 1. The summed E-state index contributed by atoms with van der Waals surface area (Å²) in [6.45, 7) is 3.49. The fourth-order valence-electron chi connectivity index (χ4n) is 3.75. The lowest BCUT2D eigenvalue weighted by molar-refractivity contribution is -0.115. The van der Waals surface area contributed by atoms with E-state index in [4.69, 9.17) is 0 Å². The fraction of sp³-hybridized carbons (Fsp3) is 0.273. The number of benzene rings is 2. The van der Waals surface area contributed by atoms with Gasteiger partial charge in [0, 0.05) is 40.9 Å². The van der Waals surface area contributed by atoms with Crippen LogP contribution in [0.4, 0.5) is 10.1 Å². The molecule has 5 nitrogen and oxygen atoms in total. The Morgan fingerprint density at radius 2 is 1.82 bits per heavy atom. The molecule has 0 bridgehead atoms. The SMILES string of the molecule is Cc1[nH]c2ccc(F)cc2c1CC(=O)Nc1ccc(C(=O)N2CCCC2)cc1. The number of halogens is 1. The average molecular weight is 379 g/mol. The van der Waals surface area contributed by atoms with Crippen molar-refractivity contribution in [3.63, 3.8) is 0 Å². The number of hydrogen-bond acceptors (Lipinski definition) is 2. The highest BCUT2D eigenvalue weighted by molar-refractivity contribution is 5.98.